The highest BCUT2D eigenvalue weighted by molar-refractivity contribution is 5.91. The van der Waals surface area contributed by atoms with Crippen LogP contribution in [0, 0.1) is 23.2 Å². The van der Waals surface area contributed by atoms with Crippen LogP contribution in [0.15, 0.2) is 11.6 Å². The van der Waals surface area contributed by atoms with Crippen molar-refractivity contribution in [3.05, 3.63) is 11.6 Å². The second kappa shape index (κ2) is 5.17. The van der Waals surface area contributed by atoms with Gasteiger partial charge in [0.1, 0.15) is 5.78 Å². The minimum Gasteiger partial charge on any atom is -0.353 e. The lowest BCUT2D eigenvalue weighted by atomic mass is 9.48. The molecule has 0 aromatic rings. The molecule has 5 atom stereocenters. The first kappa shape index (κ1) is 15.9. The van der Waals surface area contributed by atoms with Gasteiger partial charge in [0, 0.05) is 42.3 Å². The number of piperidine rings is 1. The molecule has 0 unspecified atom stereocenters. The molecule has 3 fully saturated rings. The van der Waals surface area contributed by atoms with Crippen molar-refractivity contribution < 1.29 is 14.4 Å². The molecule has 0 aromatic carbocycles. The Hall–Kier alpha value is -1.65. The highest BCUT2D eigenvalue weighted by Gasteiger charge is 2.59. The third-order valence-electron chi connectivity index (χ3n) is 7.17. The first-order valence-electron chi connectivity index (χ1n) is 9.16. The average Bonchev–Trinajstić information content (AvgIpc) is 2.62. The van der Waals surface area contributed by atoms with E-state index in [0.29, 0.717) is 31.2 Å². The van der Waals surface area contributed by atoms with E-state index in [4.69, 9.17) is 0 Å². The van der Waals surface area contributed by atoms with Crippen molar-refractivity contribution in [3.63, 3.8) is 0 Å². The molecular formula is C19H26N2O3. The number of carbonyl (C=O) groups is 3. The monoisotopic (exact) mass is 330 g/mol. The summed E-state index contributed by atoms with van der Waals surface area (Å²) in [6.07, 6.45) is 6.27. The average molecular weight is 330 g/mol. The molecule has 0 spiro atoms. The first-order valence-corrected chi connectivity index (χ1v) is 9.16. The summed E-state index contributed by atoms with van der Waals surface area (Å²) in [5.41, 5.74) is 0.543. The van der Waals surface area contributed by atoms with E-state index < -0.39 is 0 Å². The van der Waals surface area contributed by atoms with Crippen LogP contribution >= 0.6 is 0 Å². The number of rotatable bonds is 0. The molecule has 2 aliphatic carbocycles. The van der Waals surface area contributed by atoms with Crippen molar-refractivity contribution in [2.75, 3.05) is 6.54 Å². The Balaban J connectivity index is 1.74. The van der Waals surface area contributed by atoms with E-state index in [1.54, 1.807) is 6.08 Å². The van der Waals surface area contributed by atoms with Gasteiger partial charge >= 0.3 is 0 Å². The Bertz CT molecular complexity index is 655. The molecule has 0 aromatic heterocycles. The lowest BCUT2D eigenvalue weighted by molar-refractivity contribution is -0.146. The summed E-state index contributed by atoms with van der Waals surface area (Å²) in [7, 11) is 0. The third kappa shape index (κ3) is 2.16. The molecule has 4 aliphatic rings. The highest BCUT2D eigenvalue weighted by atomic mass is 16.2. The zero-order chi connectivity index (χ0) is 17.1. The zero-order valence-electron chi connectivity index (χ0n) is 14.5. The van der Waals surface area contributed by atoms with E-state index in [0.717, 1.165) is 31.3 Å². The summed E-state index contributed by atoms with van der Waals surface area (Å²) >= 11 is 0. The van der Waals surface area contributed by atoms with Gasteiger partial charge in [0.2, 0.25) is 11.8 Å². The molecule has 1 saturated heterocycles. The summed E-state index contributed by atoms with van der Waals surface area (Å²) < 4.78 is 0. The predicted octanol–water partition coefficient (Wildman–Crippen LogP) is 1.72. The van der Waals surface area contributed by atoms with Crippen LogP contribution in [0.25, 0.3) is 0 Å². The SMILES string of the molecule is C[C@]12CCNC(=O)C=C1CC[C@@H]1[C@@H]2C(=O)C[C@]2(C)NC(=O)CC[C@@H]12. The van der Waals surface area contributed by atoms with Gasteiger partial charge in [-0.15, -0.1) is 0 Å². The van der Waals surface area contributed by atoms with E-state index in [1.165, 1.54) is 0 Å². The van der Waals surface area contributed by atoms with Crippen molar-refractivity contribution in [2.45, 2.75) is 57.9 Å². The highest BCUT2D eigenvalue weighted by Crippen LogP contribution is 2.58. The van der Waals surface area contributed by atoms with Crippen LogP contribution in [0.4, 0.5) is 0 Å². The molecule has 24 heavy (non-hydrogen) atoms. The minimum absolute atomic E-state index is 0.0155. The van der Waals surface area contributed by atoms with Crippen molar-refractivity contribution in [2.24, 2.45) is 23.2 Å². The number of carbonyl (C=O) groups excluding carboxylic acids is 3. The van der Waals surface area contributed by atoms with Gasteiger partial charge in [0.15, 0.2) is 0 Å². The number of hydrogen-bond donors (Lipinski definition) is 2. The fourth-order valence-corrected chi connectivity index (χ4v) is 6.09. The Labute approximate surface area is 142 Å². The molecule has 130 valence electrons. The van der Waals surface area contributed by atoms with Crippen LogP contribution in [0.1, 0.15) is 52.4 Å². The molecule has 2 saturated carbocycles. The number of allylic oxidation sites excluding steroid dienone is 1. The Morgan fingerprint density at radius 1 is 1.12 bits per heavy atom. The second-order valence-electron chi connectivity index (χ2n) is 8.56. The number of fused-ring (bicyclic) bond motifs is 5. The molecule has 2 aliphatic heterocycles. The maximum Gasteiger partial charge on any atom is 0.243 e. The number of nitrogens with one attached hydrogen (secondary N) is 2. The van der Waals surface area contributed by atoms with Gasteiger partial charge in [0.05, 0.1) is 0 Å². The number of hydrogen-bond acceptors (Lipinski definition) is 3. The van der Waals surface area contributed by atoms with Crippen molar-refractivity contribution in [1.29, 1.82) is 0 Å². The Morgan fingerprint density at radius 2 is 1.92 bits per heavy atom. The smallest absolute Gasteiger partial charge is 0.243 e. The van der Waals surface area contributed by atoms with Crippen molar-refractivity contribution in [1.82, 2.24) is 10.6 Å². The van der Waals surface area contributed by atoms with Gasteiger partial charge in [-0.3, -0.25) is 14.4 Å². The molecule has 4 rings (SSSR count). The summed E-state index contributed by atoms with van der Waals surface area (Å²) in [4.78, 5) is 37.0. The summed E-state index contributed by atoms with van der Waals surface area (Å²) in [6.45, 7) is 4.86. The quantitative estimate of drug-likeness (QED) is 0.710. The Kier molecular flexibility index (Phi) is 3.42. The maximum atomic E-state index is 13.2. The van der Waals surface area contributed by atoms with Crippen LogP contribution in [-0.2, 0) is 14.4 Å². The van der Waals surface area contributed by atoms with Crippen LogP contribution in [0.3, 0.4) is 0 Å². The third-order valence-corrected chi connectivity index (χ3v) is 7.17. The fourth-order valence-electron chi connectivity index (χ4n) is 6.09. The first-order chi connectivity index (χ1) is 11.3. The standard InChI is InChI=1S/C19H26N2O3/c1-18-7-8-20-16(24)9-11(18)3-4-12-13-5-6-15(23)21-19(13,2)10-14(22)17(12)18/h9,12-13,17H,3-8,10H2,1-2H3,(H,20,24)(H,21,23)/t12-,13-,17+,18-,19-/m0/s1. The molecular weight excluding hydrogens is 304 g/mol. The minimum atomic E-state index is -0.385. The van der Waals surface area contributed by atoms with Gasteiger partial charge in [-0.05, 0) is 44.4 Å². The van der Waals surface area contributed by atoms with Crippen LogP contribution in [0.2, 0.25) is 0 Å². The van der Waals surface area contributed by atoms with E-state index in [9.17, 15) is 14.4 Å². The van der Waals surface area contributed by atoms with Crippen molar-refractivity contribution in [3.8, 4) is 0 Å². The lowest BCUT2D eigenvalue weighted by Gasteiger charge is -2.58. The largest absolute Gasteiger partial charge is 0.353 e. The van der Waals surface area contributed by atoms with E-state index in [1.807, 2.05) is 0 Å². The summed E-state index contributed by atoms with van der Waals surface area (Å²) in [5, 5.41) is 6.04. The normalized spacial score (nSPS) is 45.0. The maximum absolute atomic E-state index is 13.2. The number of amides is 2. The topological polar surface area (TPSA) is 75.3 Å². The lowest BCUT2D eigenvalue weighted by Crippen LogP contribution is -2.65. The van der Waals surface area contributed by atoms with Gasteiger partial charge in [-0.1, -0.05) is 12.5 Å². The molecule has 5 nitrogen and oxygen atoms in total. The van der Waals surface area contributed by atoms with Gasteiger partial charge in [-0.25, -0.2) is 0 Å². The molecule has 0 radical (unpaired) electrons. The summed E-state index contributed by atoms with van der Waals surface area (Å²) in [5.74, 6) is 0.981. The molecule has 5 heteroatoms. The number of ketones is 1. The Morgan fingerprint density at radius 3 is 2.71 bits per heavy atom. The van der Waals surface area contributed by atoms with E-state index in [-0.39, 0.29) is 34.5 Å². The van der Waals surface area contributed by atoms with Gasteiger partial charge in [-0.2, -0.15) is 0 Å². The van der Waals surface area contributed by atoms with Crippen LogP contribution in [-0.4, -0.2) is 29.7 Å². The van der Waals surface area contributed by atoms with Crippen LogP contribution < -0.4 is 10.6 Å². The van der Waals surface area contributed by atoms with Crippen LogP contribution in [0.5, 0.6) is 0 Å². The van der Waals surface area contributed by atoms with E-state index >= 15 is 0 Å². The van der Waals surface area contributed by atoms with Gasteiger partial charge in [0.25, 0.3) is 0 Å². The molecule has 2 N–H and O–H groups in total. The zero-order valence-corrected chi connectivity index (χ0v) is 14.5. The molecule has 0 bridgehead atoms. The summed E-state index contributed by atoms with van der Waals surface area (Å²) in [6, 6.07) is 0. The number of Topliss-reactive ketones (excluding diaryl/α,β-unsaturated/α-hetero) is 1. The molecule has 2 heterocycles. The predicted molar refractivity (Wildman–Crippen MR) is 88.9 cm³/mol. The van der Waals surface area contributed by atoms with E-state index in [2.05, 4.69) is 24.5 Å². The van der Waals surface area contributed by atoms with Crippen molar-refractivity contribution >= 4 is 17.6 Å². The van der Waals surface area contributed by atoms with Gasteiger partial charge < -0.3 is 10.6 Å². The molecule has 2 amide bonds. The second-order valence-corrected chi connectivity index (χ2v) is 8.56. The fraction of sp³-hybridized carbons (Fsp3) is 0.737.